The molecule has 0 radical (unpaired) electrons. The molecule has 0 N–H and O–H groups in total. The first kappa shape index (κ1) is 16.2. The van der Waals surface area contributed by atoms with Crippen molar-refractivity contribution >= 4 is 21.6 Å². The van der Waals surface area contributed by atoms with Crippen molar-refractivity contribution in [2.24, 2.45) is 0 Å². The van der Waals surface area contributed by atoms with Gasteiger partial charge in [0.25, 0.3) is 0 Å². The second-order valence-electron chi connectivity index (χ2n) is 5.16. The Morgan fingerprint density at radius 1 is 1.35 bits per heavy atom. The monoisotopic (exact) mass is 356 g/mol. The van der Waals surface area contributed by atoms with Crippen LogP contribution in [0.5, 0.6) is 5.75 Å². The average molecular weight is 357 g/mol. The lowest BCUT2D eigenvalue weighted by Crippen LogP contribution is -2.31. The maximum Gasteiger partial charge on any atom is 0.244 e. The van der Waals surface area contributed by atoms with Gasteiger partial charge in [-0.2, -0.15) is 4.31 Å². The summed E-state index contributed by atoms with van der Waals surface area (Å²) in [4.78, 5) is 3.73. The second kappa shape index (κ2) is 6.43. The number of benzene rings is 1. The van der Waals surface area contributed by atoms with Crippen molar-refractivity contribution in [1.29, 1.82) is 0 Å². The van der Waals surface area contributed by atoms with Crippen LogP contribution in [0.1, 0.15) is 6.42 Å². The quantitative estimate of drug-likeness (QED) is 0.845. The summed E-state index contributed by atoms with van der Waals surface area (Å²) >= 11 is 5.91. The average Bonchev–Trinajstić information content (AvgIpc) is 3.00. The molecule has 1 aliphatic rings. The highest BCUT2D eigenvalue weighted by atomic mass is 35.5. The van der Waals surface area contributed by atoms with Gasteiger partial charge in [-0.3, -0.25) is 4.98 Å². The number of nitrogens with zero attached hydrogens (tertiary/aromatic N) is 2. The van der Waals surface area contributed by atoms with E-state index in [9.17, 15) is 12.8 Å². The molecule has 1 atom stereocenters. The molecule has 1 saturated heterocycles. The van der Waals surface area contributed by atoms with Crippen LogP contribution in [-0.4, -0.2) is 36.9 Å². The van der Waals surface area contributed by atoms with Crippen LogP contribution in [-0.2, 0) is 10.0 Å². The van der Waals surface area contributed by atoms with E-state index < -0.39 is 15.8 Å². The van der Waals surface area contributed by atoms with Crippen LogP contribution in [0.2, 0.25) is 5.02 Å². The Morgan fingerprint density at radius 2 is 2.17 bits per heavy atom. The van der Waals surface area contributed by atoms with Crippen molar-refractivity contribution in [3.8, 4) is 5.75 Å². The van der Waals surface area contributed by atoms with Gasteiger partial charge in [-0.1, -0.05) is 11.6 Å². The van der Waals surface area contributed by atoms with E-state index in [1.807, 2.05) is 0 Å². The van der Waals surface area contributed by atoms with Gasteiger partial charge in [-0.25, -0.2) is 12.8 Å². The summed E-state index contributed by atoms with van der Waals surface area (Å²) in [6.07, 6.45) is 3.47. The number of hydrogen-bond donors (Lipinski definition) is 0. The topological polar surface area (TPSA) is 59.5 Å². The molecule has 5 nitrogen and oxygen atoms in total. The Kier molecular flexibility index (Phi) is 4.52. The molecule has 1 fully saturated rings. The Hall–Kier alpha value is -1.70. The zero-order valence-corrected chi connectivity index (χ0v) is 13.6. The summed E-state index contributed by atoms with van der Waals surface area (Å²) in [5.41, 5.74) is 0. The Balaban J connectivity index is 1.76. The van der Waals surface area contributed by atoms with Crippen LogP contribution in [0.4, 0.5) is 4.39 Å². The minimum atomic E-state index is -3.85. The molecule has 1 aliphatic heterocycles. The minimum absolute atomic E-state index is 0.00280. The van der Waals surface area contributed by atoms with Crippen molar-refractivity contribution in [2.75, 3.05) is 13.1 Å². The van der Waals surface area contributed by atoms with Crippen molar-refractivity contribution in [1.82, 2.24) is 9.29 Å². The summed E-state index contributed by atoms with van der Waals surface area (Å²) in [5, 5.41) is 0.00280. The molecule has 23 heavy (non-hydrogen) atoms. The first-order chi connectivity index (χ1) is 11.0. The number of pyridine rings is 1. The molecule has 0 unspecified atom stereocenters. The number of hydrogen-bond acceptors (Lipinski definition) is 4. The maximum atomic E-state index is 13.4. The van der Waals surface area contributed by atoms with Gasteiger partial charge in [-0.15, -0.1) is 0 Å². The Morgan fingerprint density at radius 3 is 2.91 bits per heavy atom. The predicted octanol–water partition coefficient (Wildman–Crippen LogP) is 2.72. The van der Waals surface area contributed by atoms with E-state index in [0.29, 0.717) is 18.7 Å². The fourth-order valence-corrected chi connectivity index (χ4v) is 4.41. The lowest BCUT2D eigenvalue weighted by atomic mass is 10.3. The third kappa shape index (κ3) is 3.46. The molecule has 0 bridgehead atoms. The molecule has 0 spiro atoms. The molecule has 1 aromatic heterocycles. The second-order valence-corrected chi connectivity index (χ2v) is 7.47. The zero-order valence-electron chi connectivity index (χ0n) is 12.0. The van der Waals surface area contributed by atoms with Gasteiger partial charge in [0, 0.05) is 12.7 Å². The molecule has 1 aromatic carbocycles. The Bertz CT molecular complexity index is 802. The van der Waals surface area contributed by atoms with Crippen molar-refractivity contribution < 1.29 is 17.5 Å². The van der Waals surface area contributed by atoms with Gasteiger partial charge in [0.15, 0.2) is 0 Å². The van der Waals surface area contributed by atoms with Gasteiger partial charge in [0.05, 0.1) is 17.8 Å². The van der Waals surface area contributed by atoms with Crippen molar-refractivity contribution in [3.05, 3.63) is 53.6 Å². The summed E-state index contributed by atoms with van der Waals surface area (Å²) in [6, 6.07) is 6.80. The highest BCUT2D eigenvalue weighted by molar-refractivity contribution is 7.89. The third-order valence-electron chi connectivity index (χ3n) is 3.56. The molecule has 0 saturated carbocycles. The zero-order chi connectivity index (χ0) is 16.4. The van der Waals surface area contributed by atoms with Gasteiger partial charge in [-0.05, 0) is 36.8 Å². The van der Waals surface area contributed by atoms with Crippen LogP contribution in [0.25, 0.3) is 0 Å². The van der Waals surface area contributed by atoms with Crippen LogP contribution < -0.4 is 4.74 Å². The number of ether oxygens (including phenoxy) is 1. The van der Waals surface area contributed by atoms with Crippen LogP contribution in [0, 0.1) is 5.82 Å². The lowest BCUT2D eigenvalue weighted by Gasteiger charge is -2.18. The van der Waals surface area contributed by atoms with Gasteiger partial charge < -0.3 is 4.74 Å². The highest BCUT2D eigenvalue weighted by Gasteiger charge is 2.35. The standard InChI is InChI=1S/C15H14ClFN2O3S/c16-14-4-3-11(17)8-15(14)23(20,21)19-7-5-13(10-19)22-12-2-1-6-18-9-12/h1-4,6,8-9,13H,5,7,10H2/t13-/m0/s1. The SMILES string of the molecule is O=S(=O)(c1cc(F)ccc1Cl)N1CC[C@H](Oc2cccnc2)C1. The first-order valence-corrected chi connectivity index (χ1v) is 8.80. The summed E-state index contributed by atoms with van der Waals surface area (Å²) in [5.74, 6) is -0.0594. The smallest absolute Gasteiger partial charge is 0.244 e. The Labute approximate surface area is 138 Å². The summed E-state index contributed by atoms with van der Waals surface area (Å²) in [7, 11) is -3.85. The summed E-state index contributed by atoms with van der Waals surface area (Å²) < 4.78 is 45.6. The van der Waals surface area contributed by atoms with E-state index in [0.717, 1.165) is 12.1 Å². The highest BCUT2D eigenvalue weighted by Crippen LogP contribution is 2.28. The number of sulfonamides is 1. The van der Waals surface area contributed by atoms with E-state index in [-0.39, 0.29) is 22.6 Å². The number of halogens is 2. The third-order valence-corrected chi connectivity index (χ3v) is 5.90. The summed E-state index contributed by atoms with van der Waals surface area (Å²) in [6.45, 7) is 0.476. The molecular weight excluding hydrogens is 343 g/mol. The minimum Gasteiger partial charge on any atom is -0.487 e. The van der Waals surface area contributed by atoms with E-state index in [1.54, 1.807) is 24.5 Å². The predicted molar refractivity (Wildman–Crippen MR) is 83.4 cm³/mol. The van der Waals surface area contributed by atoms with E-state index in [1.165, 1.54) is 10.4 Å². The van der Waals surface area contributed by atoms with Crippen molar-refractivity contribution in [3.63, 3.8) is 0 Å². The number of rotatable bonds is 4. The molecule has 2 aromatic rings. The molecule has 8 heteroatoms. The normalized spacial score (nSPS) is 19.0. The van der Waals surface area contributed by atoms with Crippen molar-refractivity contribution in [2.45, 2.75) is 17.4 Å². The van der Waals surface area contributed by atoms with E-state index in [4.69, 9.17) is 16.3 Å². The van der Waals surface area contributed by atoms with Crippen LogP contribution in [0.3, 0.4) is 0 Å². The van der Waals surface area contributed by atoms with Gasteiger partial charge in [0.1, 0.15) is 22.6 Å². The molecule has 122 valence electrons. The van der Waals surface area contributed by atoms with E-state index in [2.05, 4.69) is 4.98 Å². The first-order valence-electron chi connectivity index (χ1n) is 6.99. The lowest BCUT2D eigenvalue weighted by molar-refractivity contribution is 0.214. The van der Waals surface area contributed by atoms with Gasteiger partial charge in [0.2, 0.25) is 10.0 Å². The molecular formula is C15H14ClFN2O3S. The molecule has 3 rings (SSSR count). The van der Waals surface area contributed by atoms with E-state index >= 15 is 0 Å². The molecule has 2 heterocycles. The fraction of sp³-hybridized carbons (Fsp3) is 0.267. The molecule has 0 aliphatic carbocycles. The fourth-order valence-electron chi connectivity index (χ4n) is 2.44. The van der Waals surface area contributed by atoms with Crippen LogP contribution in [0.15, 0.2) is 47.6 Å². The van der Waals surface area contributed by atoms with Gasteiger partial charge >= 0.3 is 0 Å². The largest absolute Gasteiger partial charge is 0.487 e. The maximum absolute atomic E-state index is 13.4. The number of aromatic nitrogens is 1. The molecule has 0 amide bonds. The van der Waals surface area contributed by atoms with Crippen LogP contribution >= 0.6 is 11.6 Å².